The van der Waals surface area contributed by atoms with E-state index in [-0.39, 0.29) is 42.3 Å². The third kappa shape index (κ3) is 4.74. The number of esters is 1. The number of hydrogen-bond acceptors (Lipinski definition) is 9. The normalized spacial score (nSPS) is 11.0. The van der Waals surface area contributed by atoms with Crippen molar-refractivity contribution in [3.05, 3.63) is 89.6 Å². The third-order valence-corrected chi connectivity index (χ3v) is 5.17. The lowest BCUT2D eigenvalue weighted by molar-refractivity contribution is 0.0464. The van der Waals surface area contributed by atoms with Gasteiger partial charge in [0.15, 0.2) is 18.1 Å². The molecule has 0 saturated carbocycles. The Bertz CT molecular complexity index is 1520. The Kier molecular flexibility index (Phi) is 5.71. The van der Waals surface area contributed by atoms with Gasteiger partial charge < -0.3 is 16.2 Å². The van der Waals surface area contributed by atoms with E-state index in [2.05, 4.69) is 20.1 Å². The van der Waals surface area contributed by atoms with Crippen LogP contribution in [-0.2, 0) is 17.9 Å². The molecule has 3 heterocycles. The monoisotopic (exact) mass is 470 g/mol. The minimum Gasteiger partial charge on any atom is -0.454 e. The molecule has 0 unspecified atom stereocenters. The van der Waals surface area contributed by atoms with Crippen molar-refractivity contribution >= 4 is 28.9 Å². The van der Waals surface area contributed by atoms with Gasteiger partial charge in [-0.25, -0.2) is 18.9 Å². The average molecular weight is 470 g/mol. The molecule has 0 fully saturated rings. The molecule has 0 atom stereocenters. The Labute approximate surface area is 198 Å². The van der Waals surface area contributed by atoms with E-state index in [0.717, 1.165) is 5.56 Å². The quantitative estimate of drug-likeness (QED) is 0.357. The Morgan fingerprint density at radius 3 is 2.46 bits per heavy atom. The number of carbonyl (C=O) groups is 1. The minimum atomic E-state index is -0.627. The average Bonchev–Trinajstić information content (AvgIpc) is 3.24. The van der Waals surface area contributed by atoms with Gasteiger partial charge in [-0.3, -0.25) is 0 Å². The summed E-state index contributed by atoms with van der Waals surface area (Å²) in [7, 11) is 0. The van der Waals surface area contributed by atoms with E-state index < -0.39 is 5.97 Å². The van der Waals surface area contributed by atoms with Crippen LogP contribution in [0.1, 0.15) is 21.7 Å². The van der Waals surface area contributed by atoms with Crippen LogP contribution in [0.2, 0.25) is 0 Å². The Hall–Kier alpha value is -4.93. The molecule has 11 heteroatoms. The number of hydrogen-bond donors (Lipinski definition) is 2. The lowest BCUT2D eigenvalue weighted by atomic mass is 10.1. The van der Waals surface area contributed by atoms with Gasteiger partial charge in [-0.15, -0.1) is 0 Å². The number of carbonyl (C=O) groups excluding carboxylic acids is 1. The molecule has 0 bridgehead atoms. The smallest absolute Gasteiger partial charge is 0.339 e. The standard InChI is InChI=1S/C24H19FN8O2/c25-16-8-4-5-14(9-16)12-33-21-18(11-28-33)17(10-19(29-21)15-6-2-1-3-7-15)22(34)35-13-20-30-23(26)32-24(27)31-20/h1-11H,12-13H2,(H4,26,27,30,31,32). The third-order valence-electron chi connectivity index (χ3n) is 5.17. The molecule has 35 heavy (non-hydrogen) atoms. The molecule has 10 nitrogen and oxygen atoms in total. The van der Waals surface area contributed by atoms with Crippen molar-refractivity contribution in [2.75, 3.05) is 11.5 Å². The number of fused-ring (bicyclic) bond motifs is 1. The molecule has 0 saturated heterocycles. The number of ether oxygens (including phenoxy) is 1. The molecule has 3 aromatic heterocycles. The van der Waals surface area contributed by atoms with Crippen molar-refractivity contribution < 1.29 is 13.9 Å². The van der Waals surface area contributed by atoms with Crippen molar-refractivity contribution in [1.29, 1.82) is 0 Å². The first-order valence-corrected chi connectivity index (χ1v) is 10.6. The summed E-state index contributed by atoms with van der Waals surface area (Å²) in [5.74, 6) is -0.989. The maximum atomic E-state index is 13.7. The second kappa shape index (κ2) is 9.14. The second-order valence-electron chi connectivity index (χ2n) is 7.63. The molecule has 5 rings (SSSR count). The maximum absolute atomic E-state index is 13.7. The molecule has 0 aliphatic heterocycles. The SMILES string of the molecule is Nc1nc(N)nc(COC(=O)c2cc(-c3ccccc3)nc3c2cnn3Cc2cccc(F)c2)n1. The first-order valence-electron chi connectivity index (χ1n) is 10.6. The summed E-state index contributed by atoms with van der Waals surface area (Å²) < 4.78 is 20.8. The van der Waals surface area contributed by atoms with Crippen LogP contribution in [0.15, 0.2) is 66.9 Å². The van der Waals surface area contributed by atoms with Crippen LogP contribution >= 0.6 is 0 Å². The molecule has 2 aromatic carbocycles. The highest BCUT2D eigenvalue weighted by Crippen LogP contribution is 2.26. The highest BCUT2D eigenvalue weighted by molar-refractivity contribution is 6.03. The highest BCUT2D eigenvalue weighted by atomic mass is 19.1. The van der Waals surface area contributed by atoms with E-state index in [1.807, 2.05) is 30.3 Å². The minimum absolute atomic E-state index is 0.0696. The van der Waals surface area contributed by atoms with Crippen LogP contribution in [0.5, 0.6) is 0 Å². The molecular weight excluding hydrogens is 451 g/mol. The van der Waals surface area contributed by atoms with E-state index in [1.165, 1.54) is 18.3 Å². The fraction of sp³-hybridized carbons (Fsp3) is 0.0833. The summed E-state index contributed by atoms with van der Waals surface area (Å²) in [5, 5.41) is 4.88. The van der Waals surface area contributed by atoms with E-state index in [4.69, 9.17) is 21.2 Å². The van der Waals surface area contributed by atoms with Gasteiger partial charge in [0.25, 0.3) is 0 Å². The number of nitrogens with zero attached hydrogens (tertiary/aromatic N) is 6. The van der Waals surface area contributed by atoms with Gasteiger partial charge >= 0.3 is 5.97 Å². The predicted molar refractivity (Wildman–Crippen MR) is 126 cm³/mol. The van der Waals surface area contributed by atoms with Gasteiger partial charge in [0.05, 0.1) is 29.4 Å². The van der Waals surface area contributed by atoms with Crippen LogP contribution in [0.25, 0.3) is 22.3 Å². The van der Waals surface area contributed by atoms with Crippen molar-refractivity contribution in [3.8, 4) is 11.3 Å². The zero-order valence-corrected chi connectivity index (χ0v) is 18.3. The fourth-order valence-electron chi connectivity index (χ4n) is 3.63. The second-order valence-corrected chi connectivity index (χ2v) is 7.63. The van der Waals surface area contributed by atoms with Gasteiger partial charge in [-0.2, -0.15) is 20.1 Å². The summed E-state index contributed by atoms with van der Waals surface area (Å²) in [6.07, 6.45) is 1.53. The lowest BCUT2D eigenvalue weighted by Crippen LogP contribution is -2.12. The van der Waals surface area contributed by atoms with E-state index in [9.17, 15) is 9.18 Å². The number of anilines is 2. The lowest BCUT2D eigenvalue weighted by Gasteiger charge is -2.10. The zero-order valence-electron chi connectivity index (χ0n) is 18.3. The number of nitrogens with two attached hydrogens (primary N) is 2. The molecule has 0 aliphatic carbocycles. The first kappa shape index (κ1) is 21.9. The number of nitrogen functional groups attached to an aromatic ring is 2. The van der Waals surface area contributed by atoms with Crippen LogP contribution < -0.4 is 11.5 Å². The molecule has 4 N–H and O–H groups in total. The van der Waals surface area contributed by atoms with E-state index >= 15 is 0 Å². The van der Waals surface area contributed by atoms with Crippen LogP contribution in [-0.4, -0.2) is 35.7 Å². The zero-order chi connectivity index (χ0) is 24.4. The molecule has 174 valence electrons. The van der Waals surface area contributed by atoms with Crippen LogP contribution in [0.4, 0.5) is 16.3 Å². The number of benzene rings is 2. The number of rotatable bonds is 6. The van der Waals surface area contributed by atoms with Gasteiger partial charge in [0.2, 0.25) is 11.9 Å². The van der Waals surface area contributed by atoms with Gasteiger partial charge in [-0.05, 0) is 23.8 Å². The number of pyridine rings is 1. The predicted octanol–water partition coefficient (Wildman–Crippen LogP) is 2.99. The Balaban J connectivity index is 1.53. The van der Waals surface area contributed by atoms with Gasteiger partial charge in [0, 0.05) is 5.56 Å². The van der Waals surface area contributed by atoms with E-state index in [0.29, 0.717) is 22.3 Å². The summed E-state index contributed by atoms with van der Waals surface area (Å²) in [6, 6.07) is 17.3. The van der Waals surface area contributed by atoms with Gasteiger partial charge in [0.1, 0.15) is 5.82 Å². The van der Waals surface area contributed by atoms with Crippen LogP contribution in [0.3, 0.4) is 0 Å². The van der Waals surface area contributed by atoms with E-state index in [1.54, 1.807) is 22.9 Å². The molecular formula is C24H19FN8O2. The molecule has 0 amide bonds. The van der Waals surface area contributed by atoms with Crippen molar-refractivity contribution in [1.82, 2.24) is 29.7 Å². The maximum Gasteiger partial charge on any atom is 0.339 e. The topological polar surface area (TPSA) is 148 Å². The Morgan fingerprint density at radius 1 is 0.943 bits per heavy atom. The summed E-state index contributed by atoms with van der Waals surface area (Å²) >= 11 is 0. The summed E-state index contributed by atoms with van der Waals surface area (Å²) in [4.78, 5) is 29.4. The number of halogens is 1. The molecule has 0 spiro atoms. The number of aromatic nitrogens is 6. The molecule has 5 aromatic rings. The van der Waals surface area contributed by atoms with Crippen molar-refractivity contribution in [2.24, 2.45) is 0 Å². The van der Waals surface area contributed by atoms with Crippen LogP contribution in [0, 0.1) is 5.82 Å². The highest BCUT2D eigenvalue weighted by Gasteiger charge is 2.19. The first-order chi connectivity index (χ1) is 17.0. The van der Waals surface area contributed by atoms with Crippen molar-refractivity contribution in [3.63, 3.8) is 0 Å². The summed E-state index contributed by atoms with van der Waals surface area (Å²) in [5.41, 5.74) is 13.9. The molecule has 0 aliphatic rings. The molecule has 0 radical (unpaired) electrons. The fourth-order valence-corrected chi connectivity index (χ4v) is 3.63. The van der Waals surface area contributed by atoms with Crippen molar-refractivity contribution in [2.45, 2.75) is 13.2 Å². The Morgan fingerprint density at radius 2 is 1.71 bits per heavy atom. The van der Waals surface area contributed by atoms with Gasteiger partial charge in [-0.1, -0.05) is 42.5 Å². The summed E-state index contributed by atoms with van der Waals surface area (Å²) in [6.45, 7) is 0.0159. The largest absolute Gasteiger partial charge is 0.454 e.